The first-order chi connectivity index (χ1) is 7.79. The van der Waals surface area contributed by atoms with E-state index in [0.717, 1.165) is 13.1 Å². The molecule has 0 atom stereocenters. The topological polar surface area (TPSA) is 17.0 Å². The highest BCUT2D eigenvalue weighted by Gasteiger charge is 2.34. The molecule has 0 spiro atoms. The van der Waals surface area contributed by atoms with Gasteiger partial charge in [0, 0.05) is 30.5 Å². The molecule has 1 fully saturated rings. The van der Waals surface area contributed by atoms with Crippen molar-refractivity contribution in [3.63, 3.8) is 0 Å². The summed E-state index contributed by atoms with van der Waals surface area (Å²) in [5, 5.41) is 3.76. The maximum atomic E-state index is 3.76. The average Bonchev–Trinajstić information content (AvgIpc) is 2.66. The molecule has 1 heterocycles. The summed E-state index contributed by atoms with van der Waals surface area (Å²) < 4.78 is 2.37. The standard InChI is InChI=1S/C14H24N2/c1-3-10-16-11-5-7-13(16)12-15-14(4-2)8-6-9-14/h5,7,11,15H,3-4,6,8-10,12H2,1-2H3. The van der Waals surface area contributed by atoms with Gasteiger partial charge in [-0.05, 0) is 44.2 Å². The van der Waals surface area contributed by atoms with E-state index in [-0.39, 0.29) is 0 Å². The molecule has 0 amide bonds. The Hall–Kier alpha value is -0.760. The van der Waals surface area contributed by atoms with Gasteiger partial charge in [-0.2, -0.15) is 0 Å². The molecule has 2 heteroatoms. The van der Waals surface area contributed by atoms with Crippen LogP contribution in [0.1, 0.15) is 51.6 Å². The Bertz CT molecular complexity index is 318. The third-order valence-corrected chi connectivity index (χ3v) is 4.02. The number of hydrogen-bond donors (Lipinski definition) is 1. The molecule has 1 aromatic rings. The molecule has 16 heavy (non-hydrogen) atoms. The van der Waals surface area contributed by atoms with Crippen LogP contribution in [-0.2, 0) is 13.1 Å². The highest BCUT2D eigenvalue weighted by Crippen LogP contribution is 2.34. The summed E-state index contributed by atoms with van der Waals surface area (Å²) in [5.74, 6) is 0. The molecule has 0 aromatic carbocycles. The largest absolute Gasteiger partial charge is 0.350 e. The predicted molar refractivity (Wildman–Crippen MR) is 68.4 cm³/mol. The van der Waals surface area contributed by atoms with Crippen molar-refractivity contribution >= 4 is 0 Å². The van der Waals surface area contributed by atoms with Gasteiger partial charge in [0.05, 0.1) is 0 Å². The Morgan fingerprint density at radius 3 is 2.75 bits per heavy atom. The second-order valence-corrected chi connectivity index (χ2v) is 5.03. The van der Waals surface area contributed by atoms with E-state index in [0.29, 0.717) is 5.54 Å². The van der Waals surface area contributed by atoms with Crippen LogP contribution in [-0.4, -0.2) is 10.1 Å². The maximum absolute atomic E-state index is 3.76. The second kappa shape index (κ2) is 5.05. The van der Waals surface area contributed by atoms with E-state index in [1.165, 1.54) is 37.8 Å². The van der Waals surface area contributed by atoms with Crippen LogP contribution in [0.3, 0.4) is 0 Å². The lowest BCUT2D eigenvalue weighted by Crippen LogP contribution is -2.50. The van der Waals surface area contributed by atoms with E-state index in [2.05, 4.69) is 42.1 Å². The normalized spacial score (nSPS) is 18.4. The van der Waals surface area contributed by atoms with Gasteiger partial charge in [0.2, 0.25) is 0 Å². The molecule has 2 nitrogen and oxygen atoms in total. The Labute approximate surface area is 99.0 Å². The van der Waals surface area contributed by atoms with Gasteiger partial charge in [-0.25, -0.2) is 0 Å². The number of rotatable bonds is 6. The van der Waals surface area contributed by atoms with E-state index >= 15 is 0 Å². The quantitative estimate of drug-likeness (QED) is 0.778. The average molecular weight is 220 g/mol. The molecule has 1 aromatic heterocycles. The Kier molecular flexibility index (Phi) is 3.70. The van der Waals surface area contributed by atoms with Gasteiger partial charge in [0.25, 0.3) is 0 Å². The molecule has 0 saturated heterocycles. The molecule has 1 aliphatic rings. The van der Waals surface area contributed by atoms with Gasteiger partial charge in [-0.3, -0.25) is 0 Å². The van der Waals surface area contributed by atoms with Crippen LogP contribution in [0.2, 0.25) is 0 Å². The molecule has 0 aliphatic heterocycles. The first kappa shape index (κ1) is 11.7. The van der Waals surface area contributed by atoms with Crippen LogP contribution in [0.4, 0.5) is 0 Å². The van der Waals surface area contributed by atoms with Crippen molar-refractivity contribution in [3.8, 4) is 0 Å². The van der Waals surface area contributed by atoms with Crippen LogP contribution in [0.5, 0.6) is 0 Å². The van der Waals surface area contributed by atoms with Crippen molar-refractivity contribution in [1.29, 1.82) is 0 Å². The van der Waals surface area contributed by atoms with Crippen molar-refractivity contribution in [2.24, 2.45) is 0 Å². The Balaban J connectivity index is 1.91. The fourth-order valence-corrected chi connectivity index (χ4v) is 2.61. The lowest BCUT2D eigenvalue weighted by Gasteiger charge is -2.42. The van der Waals surface area contributed by atoms with Gasteiger partial charge in [-0.1, -0.05) is 13.8 Å². The van der Waals surface area contributed by atoms with E-state index in [1.807, 2.05) is 0 Å². The van der Waals surface area contributed by atoms with E-state index < -0.39 is 0 Å². The zero-order chi connectivity index (χ0) is 11.4. The maximum Gasteiger partial charge on any atom is 0.0364 e. The third-order valence-electron chi connectivity index (χ3n) is 4.02. The number of aryl methyl sites for hydroxylation is 1. The summed E-state index contributed by atoms with van der Waals surface area (Å²) in [6.45, 7) is 6.71. The van der Waals surface area contributed by atoms with Gasteiger partial charge >= 0.3 is 0 Å². The molecule has 1 saturated carbocycles. The van der Waals surface area contributed by atoms with Crippen LogP contribution < -0.4 is 5.32 Å². The lowest BCUT2D eigenvalue weighted by molar-refractivity contribution is 0.174. The van der Waals surface area contributed by atoms with E-state index in [4.69, 9.17) is 0 Å². The predicted octanol–water partition coefficient (Wildman–Crippen LogP) is 3.32. The minimum absolute atomic E-state index is 0.460. The molecule has 1 aliphatic carbocycles. The minimum Gasteiger partial charge on any atom is -0.350 e. The van der Waals surface area contributed by atoms with E-state index in [1.54, 1.807) is 0 Å². The molecular weight excluding hydrogens is 196 g/mol. The summed E-state index contributed by atoms with van der Waals surface area (Å²) in [6, 6.07) is 4.40. The number of nitrogens with one attached hydrogen (secondary N) is 1. The van der Waals surface area contributed by atoms with Gasteiger partial charge < -0.3 is 9.88 Å². The summed E-state index contributed by atoms with van der Waals surface area (Å²) >= 11 is 0. The second-order valence-electron chi connectivity index (χ2n) is 5.03. The Morgan fingerprint density at radius 2 is 2.19 bits per heavy atom. The molecule has 1 N–H and O–H groups in total. The monoisotopic (exact) mass is 220 g/mol. The lowest BCUT2D eigenvalue weighted by atomic mass is 9.75. The third kappa shape index (κ3) is 2.32. The fraction of sp³-hybridized carbons (Fsp3) is 0.714. The molecule has 90 valence electrons. The molecule has 2 rings (SSSR count). The van der Waals surface area contributed by atoms with Crippen molar-refractivity contribution in [3.05, 3.63) is 24.0 Å². The summed E-state index contributed by atoms with van der Waals surface area (Å²) in [7, 11) is 0. The number of nitrogens with zero attached hydrogens (tertiary/aromatic N) is 1. The van der Waals surface area contributed by atoms with Gasteiger partial charge in [-0.15, -0.1) is 0 Å². The first-order valence-electron chi connectivity index (χ1n) is 6.69. The number of aromatic nitrogens is 1. The van der Waals surface area contributed by atoms with Crippen molar-refractivity contribution in [1.82, 2.24) is 9.88 Å². The zero-order valence-electron chi connectivity index (χ0n) is 10.6. The van der Waals surface area contributed by atoms with Crippen LogP contribution in [0, 0.1) is 0 Å². The minimum atomic E-state index is 0.460. The summed E-state index contributed by atoms with van der Waals surface area (Å²) in [5.41, 5.74) is 1.89. The first-order valence-corrected chi connectivity index (χ1v) is 6.69. The smallest absolute Gasteiger partial charge is 0.0364 e. The SMILES string of the molecule is CCCn1cccc1CNC1(CC)CCC1. The summed E-state index contributed by atoms with van der Waals surface area (Å²) in [6.07, 6.45) is 8.79. The van der Waals surface area contributed by atoms with Crippen molar-refractivity contribution in [2.45, 2.75) is 64.6 Å². The fourth-order valence-electron chi connectivity index (χ4n) is 2.61. The van der Waals surface area contributed by atoms with Gasteiger partial charge in [0.1, 0.15) is 0 Å². The molecule has 0 radical (unpaired) electrons. The molecule has 0 unspecified atom stereocenters. The zero-order valence-corrected chi connectivity index (χ0v) is 10.6. The molecular formula is C14H24N2. The highest BCUT2D eigenvalue weighted by molar-refractivity contribution is 5.08. The summed E-state index contributed by atoms with van der Waals surface area (Å²) in [4.78, 5) is 0. The van der Waals surface area contributed by atoms with Gasteiger partial charge in [0.15, 0.2) is 0 Å². The number of hydrogen-bond acceptors (Lipinski definition) is 1. The van der Waals surface area contributed by atoms with Crippen LogP contribution >= 0.6 is 0 Å². The van der Waals surface area contributed by atoms with Crippen molar-refractivity contribution in [2.75, 3.05) is 0 Å². The van der Waals surface area contributed by atoms with Crippen LogP contribution in [0.25, 0.3) is 0 Å². The van der Waals surface area contributed by atoms with E-state index in [9.17, 15) is 0 Å². The highest BCUT2D eigenvalue weighted by atomic mass is 15.0. The van der Waals surface area contributed by atoms with Crippen LogP contribution in [0.15, 0.2) is 18.3 Å². The molecule has 0 bridgehead atoms. The van der Waals surface area contributed by atoms with Crippen molar-refractivity contribution < 1.29 is 0 Å². The Morgan fingerprint density at radius 1 is 1.38 bits per heavy atom.